The molecular formula is C15H26N2. The van der Waals surface area contributed by atoms with Gasteiger partial charge in [-0.05, 0) is 47.9 Å². The largest absolute Gasteiger partial charge is 0.397 e. The normalized spacial score (nSPS) is 10.8. The van der Waals surface area contributed by atoms with Crippen molar-refractivity contribution in [3.05, 3.63) is 22.3 Å². The molecule has 0 aliphatic carbocycles. The number of benzene rings is 1. The van der Waals surface area contributed by atoms with E-state index >= 15 is 0 Å². The van der Waals surface area contributed by atoms with Crippen LogP contribution in [0.1, 0.15) is 56.4 Å². The number of nitrogens with two attached hydrogens (primary N) is 2. The molecule has 1 aromatic rings. The third-order valence-corrected chi connectivity index (χ3v) is 3.59. The predicted octanol–water partition coefficient (Wildman–Crippen LogP) is 3.49. The first kappa shape index (κ1) is 13.9. The van der Waals surface area contributed by atoms with Gasteiger partial charge in [0.2, 0.25) is 0 Å². The van der Waals surface area contributed by atoms with Gasteiger partial charge < -0.3 is 11.5 Å². The van der Waals surface area contributed by atoms with E-state index in [1.807, 2.05) is 0 Å². The second kappa shape index (κ2) is 5.95. The molecule has 0 aliphatic rings. The highest BCUT2D eigenvalue weighted by Crippen LogP contribution is 2.34. The van der Waals surface area contributed by atoms with E-state index in [4.69, 9.17) is 11.5 Å². The SMILES string of the molecule is CCCc1c(N)c(N)c(CC)c(CC)c1CC. The smallest absolute Gasteiger partial charge is 0.0586 e. The van der Waals surface area contributed by atoms with E-state index in [2.05, 4.69) is 27.7 Å². The van der Waals surface area contributed by atoms with Gasteiger partial charge in [-0.25, -0.2) is 0 Å². The Morgan fingerprint density at radius 2 is 1.06 bits per heavy atom. The average molecular weight is 234 g/mol. The minimum absolute atomic E-state index is 0.824. The summed E-state index contributed by atoms with van der Waals surface area (Å²) in [6, 6.07) is 0. The molecule has 0 saturated heterocycles. The number of nitrogen functional groups attached to an aromatic ring is 2. The molecule has 17 heavy (non-hydrogen) atoms. The van der Waals surface area contributed by atoms with Crippen molar-refractivity contribution in [2.45, 2.75) is 59.8 Å². The van der Waals surface area contributed by atoms with Gasteiger partial charge >= 0.3 is 0 Å². The van der Waals surface area contributed by atoms with Crippen LogP contribution in [-0.4, -0.2) is 0 Å². The third-order valence-electron chi connectivity index (χ3n) is 3.59. The molecule has 0 fully saturated rings. The molecule has 0 aliphatic heterocycles. The van der Waals surface area contributed by atoms with Crippen molar-refractivity contribution >= 4 is 11.4 Å². The van der Waals surface area contributed by atoms with Gasteiger partial charge in [0.05, 0.1) is 11.4 Å². The van der Waals surface area contributed by atoms with Crippen LogP contribution in [0.4, 0.5) is 11.4 Å². The van der Waals surface area contributed by atoms with Gasteiger partial charge in [-0.3, -0.25) is 0 Å². The minimum atomic E-state index is 0.824. The molecule has 0 heterocycles. The van der Waals surface area contributed by atoms with Crippen LogP contribution in [-0.2, 0) is 25.7 Å². The Labute approximate surface area is 105 Å². The monoisotopic (exact) mass is 234 g/mol. The van der Waals surface area contributed by atoms with Crippen LogP contribution in [0.3, 0.4) is 0 Å². The van der Waals surface area contributed by atoms with Crippen molar-refractivity contribution in [2.75, 3.05) is 11.5 Å². The Hall–Kier alpha value is -1.18. The molecule has 1 aromatic carbocycles. The lowest BCUT2D eigenvalue weighted by atomic mass is 9.87. The van der Waals surface area contributed by atoms with Gasteiger partial charge in [0, 0.05) is 0 Å². The second-order valence-electron chi connectivity index (χ2n) is 4.55. The molecule has 2 heteroatoms. The van der Waals surface area contributed by atoms with Crippen molar-refractivity contribution < 1.29 is 0 Å². The van der Waals surface area contributed by atoms with Gasteiger partial charge in [-0.15, -0.1) is 0 Å². The van der Waals surface area contributed by atoms with Crippen LogP contribution in [0.15, 0.2) is 0 Å². The van der Waals surface area contributed by atoms with Crippen LogP contribution in [0.25, 0.3) is 0 Å². The zero-order chi connectivity index (χ0) is 13.0. The summed E-state index contributed by atoms with van der Waals surface area (Å²) < 4.78 is 0. The maximum absolute atomic E-state index is 6.22. The highest BCUT2D eigenvalue weighted by atomic mass is 14.7. The van der Waals surface area contributed by atoms with E-state index in [9.17, 15) is 0 Å². The number of rotatable bonds is 5. The van der Waals surface area contributed by atoms with Crippen LogP contribution < -0.4 is 11.5 Å². The molecule has 0 saturated carbocycles. The lowest BCUT2D eigenvalue weighted by Crippen LogP contribution is -2.11. The molecule has 2 nitrogen and oxygen atoms in total. The van der Waals surface area contributed by atoms with Crippen LogP contribution in [0, 0.1) is 0 Å². The molecule has 0 atom stereocenters. The zero-order valence-corrected chi connectivity index (χ0v) is 11.7. The molecule has 0 radical (unpaired) electrons. The lowest BCUT2D eigenvalue weighted by molar-refractivity contribution is 0.882. The first-order valence-corrected chi connectivity index (χ1v) is 6.82. The van der Waals surface area contributed by atoms with Crippen molar-refractivity contribution in [1.29, 1.82) is 0 Å². The number of hydrogen-bond acceptors (Lipinski definition) is 2. The van der Waals surface area contributed by atoms with E-state index in [-0.39, 0.29) is 0 Å². The standard InChI is InChI=1S/C15H26N2/c1-5-9-13-11(7-3)10(6-2)12(8-4)14(16)15(13)17/h5-9,16-17H2,1-4H3. The average Bonchev–Trinajstić information content (AvgIpc) is 2.34. The van der Waals surface area contributed by atoms with Gasteiger partial charge in [0.1, 0.15) is 0 Å². The van der Waals surface area contributed by atoms with Gasteiger partial charge in [0.15, 0.2) is 0 Å². The fraction of sp³-hybridized carbons (Fsp3) is 0.600. The molecule has 0 spiro atoms. The fourth-order valence-corrected chi connectivity index (χ4v) is 2.81. The van der Waals surface area contributed by atoms with E-state index in [0.29, 0.717) is 0 Å². The van der Waals surface area contributed by atoms with Gasteiger partial charge in [-0.1, -0.05) is 34.1 Å². The summed E-state index contributed by atoms with van der Waals surface area (Å²) in [4.78, 5) is 0. The minimum Gasteiger partial charge on any atom is -0.397 e. The Balaban J connectivity index is 3.56. The van der Waals surface area contributed by atoms with Gasteiger partial charge in [-0.2, -0.15) is 0 Å². The van der Waals surface area contributed by atoms with Gasteiger partial charge in [0.25, 0.3) is 0 Å². The number of hydrogen-bond donors (Lipinski definition) is 2. The summed E-state index contributed by atoms with van der Waals surface area (Å²) >= 11 is 0. The first-order valence-electron chi connectivity index (χ1n) is 6.82. The second-order valence-corrected chi connectivity index (χ2v) is 4.55. The van der Waals surface area contributed by atoms with Crippen molar-refractivity contribution in [1.82, 2.24) is 0 Å². The van der Waals surface area contributed by atoms with E-state index in [1.165, 1.54) is 22.3 Å². The Morgan fingerprint density at radius 3 is 1.47 bits per heavy atom. The molecule has 0 unspecified atom stereocenters. The molecule has 4 N–H and O–H groups in total. The summed E-state index contributed by atoms with van der Waals surface area (Å²) in [5.41, 5.74) is 19.5. The van der Waals surface area contributed by atoms with Crippen molar-refractivity contribution in [3.63, 3.8) is 0 Å². The highest BCUT2D eigenvalue weighted by Gasteiger charge is 2.17. The van der Waals surface area contributed by atoms with E-state index in [0.717, 1.165) is 43.5 Å². The molecule has 0 aromatic heterocycles. The van der Waals surface area contributed by atoms with Crippen LogP contribution in [0.5, 0.6) is 0 Å². The summed E-state index contributed by atoms with van der Waals surface area (Å²) in [5.74, 6) is 0. The van der Waals surface area contributed by atoms with Crippen LogP contribution >= 0.6 is 0 Å². The molecule has 96 valence electrons. The maximum Gasteiger partial charge on any atom is 0.0586 e. The summed E-state index contributed by atoms with van der Waals surface area (Å²) in [5, 5.41) is 0. The molecular weight excluding hydrogens is 208 g/mol. The summed E-state index contributed by atoms with van der Waals surface area (Å²) in [7, 11) is 0. The van der Waals surface area contributed by atoms with E-state index < -0.39 is 0 Å². The van der Waals surface area contributed by atoms with Crippen molar-refractivity contribution in [3.8, 4) is 0 Å². The topological polar surface area (TPSA) is 52.0 Å². The van der Waals surface area contributed by atoms with E-state index in [1.54, 1.807) is 0 Å². The molecule has 0 bridgehead atoms. The van der Waals surface area contributed by atoms with Crippen molar-refractivity contribution in [2.24, 2.45) is 0 Å². The summed E-state index contributed by atoms with van der Waals surface area (Å²) in [6.07, 6.45) is 5.23. The Kier molecular flexibility index (Phi) is 4.86. The highest BCUT2D eigenvalue weighted by molar-refractivity contribution is 5.75. The van der Waals surface area contributed by atoms with Crippen LogP contribution in [0.2, 0.25) is 0 Å². The quantitative estimate of drug-likeness (QED) is 0.766. The first-order chi connectivity index (χ1) is 8.12. The lowest BCUT2D eigenvalue weighted by Gasteiger charge is -2.21. The maximum atomic E-state index is 6.22. The third kappa shape index (κ3) is 2.41. The molecule has 1 rings (SSSR count). The number of anilines is 2. The predicted molar refractivity (Wildman–Crippen MR) is 77.4 cm³/mol. The molecule has 0 amide bonds. The fourth-order valence-electron chi connectivity index (χ4n) is 2.81. The zero-order valence-electron chi connectivity index (χ0n) is 11.7. The summed E-state index contributed by atoms with van der Waals surface area (Å²) in [6.45, 7) is 8.76. The Bertz CT molecular complexity index is 395. The Morgan fingerprint density at radius 1 is 0.647 bits per heavy atom.